The first kappa shape index (κ1) is 68.6. The monoisotopic (exact) mass is 1530 g/mol. The topological polar surface area (TPSA) is 70.0 Å². The second-order valence-electron chi connectivity index (χ2n) is 31.7. The third-order valence-corrected chi connectivity index (χ3v) is 25.3. The van der Waals surface area contributed by atoms with Gasteiger partial charge in [0.15, 0.2) is 11.6 Å². The first-order chi connectivity index (χ1) is 59.4. The summed E-state index contributed by atoms with van der Waals surface area (Å²) in [7, 11) is 0. The van der Waals surface area contributed by atoms with E-state index in [4.69, 9.17) is 29.4 Å². The van der Waals surface area contributed by atoms with Crippen LogP contribution < -0.4 is 9.47 Å². The minimum Gasteiger partial charge on any atom is -0.457 e. The number of nitrogens with zero attached hydrogens (tertiary/aromatic N) is 4. The molecule has 1 unspecified atom stereocenters. The molecule has 4 aliphatic rings. The first-order valence-corrected chi connectivity index (χ1v) is 41.0. The highest BCUT2D eigenvalue weighted by atomic mass is 16.5. The highest BCUT2D eigenvalue weighted by Gasteiger charge is 2.53. The zero-order valence-corrected chi connectivity index (χ0v) is 65.0. The molecule has 4 heterocycles. The molecule has 0 saturated carbocycles. The minimum absolute atomic E-state index is 0.623. The van der Waals surface area contributed by atoms with Gasteiger partial charge in [-0.15, -0.1) is 0 Å². The molecule has 0 N–H and O–H groups in total. The number of para-hydroxylation sites is 2. The van der Waals surface area contributed by atoms with Crippen molar-refractivity contribution in [2.24, 2.45) is 0 Å². The van der Waals surface area contributed by atoms with Crippen LogP contribution in [0.15, 0.2) is 425 Å². The van der Waals surface area contributed by atoms with Crippen LogP contribution in [0.25, 0.3) is 167 Å². The minimum atomic E-state index is -0.767. The number of benzene rings is 18. The van der Waals surface area contributed by atoms with Crippen LogP contribution in [0.1, 0.15) is 44.5 Å². The van der Waals surface area contributed by atoms with E-state index in [2.05, 4.69) is 419 Å². The van der Waals surface area contributed by atoms with Gasteiger partial charge < -0.3 is 9.47 Å². The molecule has 120 heavy (non-hydrogen) atoms. The zero-order chi connectivity index (χ0) is 79.0. The van der Waals surface area contributed by atoms with E-state index in [1.807, 2.05) is 6.07 Å². The van der Waals surface area contributed by atoms with Crippen LogP contribution in [0.3, 0.4) is 0 Å². The maximum absolute atomic E-state index is 7.11. The van der Waals surface area contributed by atoms with Crippen molar-refractivity contribution < 1.29 is 9.47 Å². The third-order valence-electron chi connectivity index (χ3n) is 25.3. The van der Waals surface area contributed by atoms with Crippen LogP contribution >= 0.6 is 0 Å². The molecule has 0 saturated heterocycles. The van der Waals surface area contributed by atoms with Crippen molar-refractivity contribution in [1.29, 1.82) is 0 Å². The van der Waals surface area contributed by atoms with Crippen LogP contribution in [0.2, 0.25) is 0 Å². The van der Waals surface area contributed by atoms with Crippen molar-refractivity contribution in [3.63, 3.8) is 0 Å². The van der Waals surface area contributed by atoms with Crippen molar-refractivity contribution in [1.82, 2.24) is 19.9 Å². The number of rotatable bonds is 11. The summed E-state index contributed by atoms with van der Waals surface area (Å²) in [4.78, 5) is 22.0. The van der Waals surface area contributed by atoms with Crippen LogP contribution in [0, 0.1) is 0 Å². The predicted octanol–water partition coefficient (Wildman–Crippen LogP) is 28.8. The lowest BCUT2D eigenvalue weighted by molar-refractivity contribution is 0.436. The fourth-order valence-corrected chi connectivity index (χ4v) is 20.0. The smallest absolute Gasteiger partial charge is 0.160 e. The molecule has 0 bridgehead atoms. The molecule has 6 heteroatoms. The van der Waals surface area contributed by atoms with E-state index in [1.165, 1.54) is 60.7 Å². The van der Waals surface area contributed by atoms with Gasteiger partial charge in [0.2, 0.25) is 0 Å². The molecule has 0 fully saturated rings. The Labute approximate surface area is 695 Å². The van der Waals surface area contributed by atoms with Crippen LogP contribution in [-0.4, -0.2) is 19.9 Å². The van der Waals surface area contributed by atoms with Gasteiger partial charge in [-0.1, -0.05) is 358 Å². The molecule has 2 spiro atoms. The van der Waals surface area contributed by atoms with Crippen molar-refractivity contribution in [3.8, 4) is 169 Å². The van der Waals surface area contributed by atoms with Crippen molar-refractivity contribution in [3.05, 3.63) is 469 Å². The molecule has 1 atom stereocenters. The first-order valence-electron chi connectivity index (χ1n) is 41.0. The standard InChI is InChI=1S/C114H70N4O2/c1-3-26-71(27-4-1)76-31-23-33-81(64-76)102-69-105(92-41-12-10-36-85(92)79-59-62-108-100(67-79)113(97-47-19-21-50-106(97)119-108)94-44-16-13-38-89(94)90-39-14-17-45-95(90)113)118-112(116-102)83-34-24-32-77(65-83)72-52-54-74(55-53-72)88-43-25-49-99-110(88)93-42-15-18-46-96(93)114(99)98-48-20-22-51-107(98)120-109-63-60-80(68-101(109)114)86-37-9-11-40-91(86)104-70-103(115-111(117-104)75-29-5-2-6-30-75)82-58-61-87-78(66-82)57-56-73-28-7-8-35-84(73)87/h1-70H. The van der Waals surface area contributed by atoms with Gasteiger partial charge in [0, 0.05) is 55.6 Å². The van der Waals surface area contributed by atoms with E-state index < -0.39 is 10.8 Å². The summed E-state index contributed by atoms with van der Waals surface area (Å²) in [6.07, 6.45) is 0. The van der Waals surface area contributed by atoms with Gasteiger partial charge in [0.05, 0.1) is 33.6 Å². The number of hydrogen-bond acceptors (Lipinski definition) is 6. The molecule has 6 nitrogen and oxygen atoms in total. The summed E-state index contributed by atoms with van der Waals surface area (Å²) in [6, 6.07) is 153. The van der Waals surface area contributed by atoms with Crippen molar-refractivity contribution in [2.75, 3.05) is 0 Å². The van der Waals surface area contributed by atoms with Crippen LogP contribution in [-0.2, 0) is 10.8 Å². The fourth-order valence-electron chi connectivity index (χ4n) is 20.0. The SMILES string of the molecule is c1ccc(-c2cccc(-c3cc(-c4ccccc4-c4ccc5c(c4)C4(c6ccccc6O5)c5ccccc5-c5ccccc54)nc(-c4cccc(-c5ccc(-c6cccc7c6-c6ccccc6C76c7ccccc7Oc7ccc(-c8ccccc8-c8cc(-c9ccc%10c(ccc%11ccccc%11%10)c9)nc(-c9ccccc9)n8)cc76)cc5)c4)n3)c2)cc1. The van der Waals surface area contributed by atoms with Crippen molar-refractivity contribution in [2.45, 2.75) is 10.8 Å². The molecule has 18 aromatic carbocycles. The molecule has 0 radical (unpaired) electrons. The van der Waals surface area contributed by atoms with Crippen molar-refractivity contribution >= 4 is 21.5 Å². The summed E-state index contributed by atoms with van der Waals surface area (Å²) in [5.74, 6) is 4.64. The summed E-state index contributed by atoms with van der Waals surface area (Å²) in [5, 5.41) is 4.82. The third kappa shape index (κ3) is 10.7. The molecule has 24 rings (SSSR count). The average Bonchev–Trinajstić information content (AvgIpc) is 1.52. The lowest BCUT2D eigenvalue weighted by Gasteiger charge is -2.39. The molecule has 558 valence electrons. The number of fused-ring (bicyclic) bond motifs is 21. The molecular weight excluding hydrogens is 1460 g/mol. The molecule has 2 aliphatic heterocycles. The second-order valence-corrected chi connectivity index (χ2v) is 31.7. The summed E-state index contributed by atoms with van der Waals surface area (Å²) in [6.45, 7) is 0. The van der Waals surface area contributed by atoms with E-state index in [0.29, 0.717) is 11.6 Å². The normalized spacial score (nSPS) is 13.9. The fraction of sp³-hybridized carbons (Fsp3) is 0.0175. The van der Waals surface area contributed by atoms with Crippen LogP contribution in [0.4, 0.5) is 0 Å². The Hall–Kier alpha value is -15.8. The second kappa shape index (κ2) is 27.5. The van der Waals surface area contributed by atoms with E-state index in [1.54, 1.807) is 0 Å². The van der Waals surface area contributed by atoms with Gasteiger partial charge >= 0.3 is 0 Å². The van der Waals surface area contributed by atoms with Gasteiger partial charge in [-0.25, -0.2) is 19.9 Å². The van der Waals surface area contributed by atoms with Gasteiger partial charge in [-0.3, -0.25) is 0 Å². The van der Waals surface area contributed by atoms with E-state index >= 15 is 0 Å². The predicted molar refractivity (Wildman–Crippen MR) is 487 cm³/mol. The molecular formula is C114H70N4O2. The Morgan fingerprint density at radius 1 is 0.167 bits per heavy atom. The number of hydrogen-bond donors (Lipinski definition) is 0. The Bertz CT molecular complexity index is 7570. The van der Waals surface area contributed by atoms with Gasteiger partial charge in [0.25, 0.3) is 0 Å². The Kier molecular flexibility index (Phi) is 15.7. The largest absolute Gasteiger partial charge is 0.457 e. The summed E-state index contributed by atoms with van der Waals surface area (Å²) < 4.78 is 14.0. The molecule has 2 aliphatic carbocycles. The molecule has 20 aromatic rings. The van der Waals surface area contributed by atoms with Gasteiger partial charge in [0.1, 0.15) is 23.0 Å². The zero-order valence-electron chi connectivity index (χ0n) is 65.0. The summed E-state index contributed by atoms with van der Waals surface area (Å²) >= 11 is 0. The lowest BCUT2D eigenvalue weighted by Crippen LogP contribution is -2.32. The van der Waals surface area contributed by atoms with E-state index in [9.17, 15) is 0 Å². The average molecular weight is 1530 g/mol. The van der Waals surface area contributed by atoms with Gasteiger partial charge in [-0.2, -0.15) is 0 Å². The quantitative estimate of drug-likeness (QED) is 0.120. The van der Waals surface area contributed by atoms with Crippen LogP contribution in [0.5, 0.6) is 23.0 Å². The lowest BCUT2D eigenvalue weighted by atomic mass is 9.65. The Morgan fingerprint density at radius 3 is 1.14 bits per heavy atom. The maximum Gasteiger partial charge on any atom is 0.160 e. The van der Waals surface area contributed by atoms with E-state index in [-0.39, 0.29) is 0 Å². The van der Waals surface area contributed by atoms with Gasteiger partial charge in [-0.05, 0) is 188 Å². The highest BCUT2D eigenvalue weighted by Crippen LogP contribution is 2.66. The highest BCUT2D eigenvalue weighted by molar-refractivity contribution is 6.09. The Balaban J connectivity index is 0.604. The summed E-state index contributed by atoms with van der Waals surface area (Å²) in [5.41, 5.74) is 32.7. The molecule has 2 aromatic heterocycles. The Morgan fingerprint density at radius 2 is 0.533 bits per heavy atom. The maximum atomic E-state index is 7.11. The molecule has 0 amide bonds. The number of ether oxygens (including phenoxy) is 2. The number of aromatic nitrogens is 4. The van der Waals surface area contributed by atoms with E-state index in [0.717, 1.165) is 162 Å².